The van der Waals surface area contributed by atoms with Gasteiger partial charge in [0.15, 0.2) is 0 Å². The van der Waals surface area contributed by atoms with E-state index in [1.807, 2.05) is 27.7 Å². The molecule has 0 saturated heterocycles. The maximum atomic E-state index is 11.6. The summed E-state index contributed by atoms with van der Waals surface area (Å²) in [5.74, 6) is 6.73. The molecule has 1 aromatic rings. The Balaban J connectivity index is 2.80. The van der Waals surface area contributed by atoms with Gasteiger partial charge in [-0.2, -0.15) is 0 Å². The van der Waals surface area contributed by atoms with E-state index >= 15 is 0 Å². The van der Waals surface area contributed by atoms with Crippen LogP contribution in [0.2, 0.25) is 0 Å². The summed E-state index contributed by atoms with van der Waals surface area (Å²) in [7, 11) is 0. The smallest absolute Gasteiger partial charge is 0.239 e. The van der Waals surface area contributed by atoms with Crippen molar-refractivity contribution >= 4 is 17.5 Å². The number of nitrogens with one attached hydrogen (secondary N) is 3. The average molecular weight is 266 g/mol. The highest BCUT2D eigenvalue weighted by Gasteiger charge is 2.15. The highest BCUT2D eigenvalue weighted by atomic mass is 16.1. The van der Waals surface area contributed by atoms with Crippen molar-refractivity contribution in [3.05, 3.63) is 11.9 Å². The van der Waals surface area contributed by atoms with Gasteiger partial charge in [-0.05, 0) is 19.8 Å². The van der Waals surface area contributed by atoms with Gasteiger partial charge in [-0.1, -0.05) is 13.8 Å². The van der Waals surface area contributed by atoms with Gasteiger partial charge in [-0.3, -0.25) is 4.79 Å². The summed E-state index contributed by atoms with van der Waals surface area (Å²) in [5.41, 5.74) is 3.41. The largest absolute Gasteiger partial charge is 0.361 e. The summed E-state index contributed by atoms with van der Waals surface area (Å²) < 4.78 is 0. The van der Waals surface area contributed by atoms with E-state index < -0.39 is 0 Å². The molecule has 0 saturated carbocycles. The molecule has 0 bridgehead atoms. The summed E-state index contributed by atoms with van der Waals surface area (Å²) in [5, 5.41) is 5.82. The Morgan fingerprint density at radius 3 is 2.42 bits per heavy atom. The molecule has 0 aromatic carbocycles. The third kappa shape index (κ3) is 4.36. The van der Waals surface area contributed by atoms with Gasteiger partial charge in [-0.15, -0.1) is 0 Å². The number of nitrogens with two attached hydrogens (primary N) is 1. The van der Waals surface area contributed by atoms with Gasteiger partial charge in [-0.25, -0.2) is 15.8 Å². The fourth-order valence-corrected chi connectivity index (χ4v) is 1.74. The second-order valence-corrected chi connectivity index (χ2v) is 4.86. The predicted octanol–water partition coefficient (Wildman–Crippen LogP) is 0.822. The van der Waals surface area contributed by atoms with Crippen molar-refractivity contribution in [3.8, 4) is 0 Å². The molecule has 0 atom stereocenters. The molecule has 1 heterocycles. The predicted molar refractivity (Wildman–Crippen MR) is 75.7 cm³/mol. The first-order valence-electron chi connectivity index (χ1n) is 6.30. The van der Waals surface area contributed by atoms with Gasteiger partial charge in [0.1, 0.15) is 18.0 Å². The third-order valence-electron chi connectivity index (χ3n) is 2.46. The number of nitrogens with zero attached hydrogens (tertiary/aromatic N) is 2. The molecule has 0 aliphatic rings. The lowest BCUT2D eigenvalue weighted by atomic mass is 10.0. The van der Waals surface area contributed by atoms with Crippen LogP contribution >= 0.6 is 0 Å². The number of hydrazine groups is 1. The molecule has 1 aromatic heterocycles. The summed E-state index contributed by atoms with van der Waals surface area (Å²) in [6, 6.07) is 0.116. The number of anilines is 2. The van der Waals surface area contributed by atoms with Gasteiger partial charge >= 0.3 is 0 Å². The van der Waals surface area contributed by atoms with Gasteiger partial charge in [0, 0.05) is 11.6 Å². The fraction of sp³-hybridized carbons (Fsp3) is 0.583. The standard InChI is InChI=1S/C12H22N6O/c1-7(2)10-11(15-6-16-12(10)18-13)14-5-9(19)17-8(3)4/h6-8H,5,13H2,1-4H3,(H,17,19)(H2,14,15,16,18). The minimum absolute atomic E-state index is 0.0782. The minimum Gasteiger partial charge on any atom is -0.361 e. The Morgan fingerprint density at radius 1 is 1.26 bits per heavy atom. The molecule has 0 unspecified atom stereocenters. The van der Waals surface area contributed by atoms with E-state index in [-0.39, 0.29) is 24.4 Å². The first kappa shape index (κ1) is 15.2. The highest BCUT2D eigenvalue weighted by molar-refractivity contribution is 5.81. The first-order valence-corrected chi connectivity index (χ1v) is 6.30. The second kappa shape index (κ2) is 6.89. The summed E-state index contributed by atoms with van der Waals surface area (Å²) in [6.07, 6.45) is 1.41. The molecule has 0 radical (unpaired) electrons. The zero-order valence-electron chi connectivity index (χ0n) is 11.8. The van der Waals surface area contributed by atoms with Crippen molar-refractivity contribution in [2.75, 3.05) is 17.3 Å². The van der Waals surface area contributed by atoms with E-state index in [9.17, 15) is 4.79 Å². The normalized spacial score (nSPS) is 10.7. The number of nitrogen functional groups attached to an aromatic ring is 1. The van der Waals surface area contributed by atoms with Gasteiger partial charge in [0.25, 0.3) is 0 Å². The lowest BCUT2D eigenvalue weighted by Crippen LogP contribution is -2.35. The van der Waals surface area contributed by atoms with Crippen molar-refractivity contribution in [2.45, 2.75) is 39.7 Å². The Kier molecular flexibility index (Phi) is 5.50. The van der Waals surface area contributed by atoms with Crippen LogP contribution < -0.4 is 21.9 Å². The van der Waals surface area contributed by atoms with Crippen LogP contribution in [-0.4, -0.2) is 28.5 Å². The molecule has 0 aliphatic carbocycles. The quantitative estimate of drug-likeness (QED) is 0.449. The van der Waals surface area contributed by atoms with Crippen LogP contribution in [0.4, 0.5) is 11.6 Å². The average Bonchev–Trinajstić information content (AvgIpc) is 2.34. The number of hydrogen-bond donors (Lipinski definition) is 4. The molecule has 0 aliphatic heterocycles. The van der Waals surface area contributed by atoms with Crippen LogP contribution in [0.3, 0.4) is 0 Å². The summed E-state index contributed by atoms with van der Waals surface area (Å²) >= 11 is 0. The number of aromatic nitrogens is 2. The van der Waals surface area contributed by atoms with Gasteiger partial charge < -0.3 is 16.1 Å². The van der Waals surface area contributed by atoms with Crippen LogP contribution in [0.5, 0.6) is 0 Å². The number of rotatable bonds is 6. The Bertz CT molecular complexity index is 432. The van der Waals surface area contributed by atoms with E-state index in [1.165, 1.54) is 6.33 Å². The maximum absolute atomic E-state index is 11.6. The van der Waals surface area contributed by atoms with Crippen molar-refractivity contribution in [1.82, 2.24) is 15.3 Å². The molecule has 0 spiro atoms. The number of hydrogen-bond acceptors (Lipinski definition) is 6. The number of carbonyl (C=O) groups is 1. The van der Waals surface area contributed by atoms with Crippen molar-refractivity contribution < 1.29 is 4.79 Å². The third-order valence-corrected chi connectivity index (χ3v) is 2.46. The molecular weight excluding hydrogens is 244 g/mol. The maximum Gasteiger partial charge on any atom is 0.239 e. The molecule has 7 heteroatoms. The summed E-state index contributed by atoms with van der Waals surface area (Å²) in [6.45, 7) is 8.02. The van der Waals surface area contributed by atoms with Gasteiger partial charge in [0.2, 0.25) is 5.91 Å². The first-order chi connectivity index (χ1) is 8.95. The lowest BCUT2D eigenvalue weighted by Gasteiger charge is -2.16. The molecule has 106 valence electrons. The van der Waals surface area contributed by atoms with Gasteiger partial charge in [0.05, 0.1) is 6.54 Å². The van der Waals surface area contributed by atoms with E-state index in [1.54, 1.807) is 0 Å². The molecule has 0 fully saturated rings. The molecular formula is C12H22N6O. The van der Waals surface area contributed by atoms with E-state index in [2.05, 4.69) is 26.0 Å². The molecule has 7 nitrogen and oxygen atoms in total. The van der Waals surface area contributed by atoms with Crippen molar-refractivity contribution in [1.29, 1.82) is 0 Å². The Hall–Kier alpha value is -1.89. The molecule has 1 amide bonds. The topological polar surface area (TPSA) is 105 Å². The van der Waals surface area contributed by atoms with Crippen LogP contribution in [-0.2, 0) is 4.79 Å². The van der Waals surface area contributed by atoms with E-state index in [0.717, 1.165) is 5.56 Å². The van der Waals surface area contributed by atoms with Crippen LogP contribution in [0.15, 0.2) is 6.33 Å². The van der Waals surface area contributed by atoms with Crippen LogP contribution in [0.1, 0.15) is 39.2 Å². The van der Waals surface area contributed by atoms with Crippen LogP contribution in [0, 0.1) is 0 Å². The molecule has 1 rings (SSSR count). The number of amides is 1. The van der Waals surface area contributed by atoms with Crippen LogP contribution in [0.25, 0.3) is 0 Å². The van der Waals surface area contributed by atoms with E-state index in [4.69, 9.17) is 5.84 Å². The Labute approximate surface area is 113 Å². The van der Waals surface area contributed by atoms with Crippen molar-refractivity contribution in [3.63, 3.8) is 0 Å². The summed E-state index contributed by atoms with van der Waals surface area (Å²) in [4.78, 5) is 19.8. The lowest BCUT2D eigenvalue weighted by molar-refractivity contribution is -0.119. The number of carbonyl (C=O) groups excluding carboxylic acids is 1. The Morgan fingerprint density at radius 2 is 1.89 bits per heavy atom. The van der Waals surface area contributed by atoms with E-state index in [0.29, 0.717) is 11.6 Å². The zero-order chi connectivity index (χ0) is 14.4. The second-order valence-electron chi connectivity index (χ2n) is 4.86. The monoisotopic (exact) mass is 266 g/mol. The zero-order valence-corrected chi connectivity index (χ0v) is 11.8. The minimum atomic E-state index is -0.0782. The molecule has 19 heavy (non-hydrogen) atoms. The molecule has 5 N–H and O–H groups in total. The highest BCUT2D eigenvalue weighted by Crippen LogP contribution is 2.27. The van der Waals surface area contributed by atoms with Crippen molar-refractivity contribution in [2.24, 2.45) is 5.84 Å². The fourth-order valence-electron chi connectivity index (χ4n) is 1.74. The SMILES string of the molecule is CC(C)NC(=O)CNc1ncnc(NN)c1C(C)C.